The van der Waals surface area contributed by atoms with Crippen molar-refractivity contribution in [2.24, 2.45) is 4.99 Å². The van der Waals surface area contributed by atoms with Crippen molar-refractivity contribution in [3.8, 4) is 0 Å². The topological polar surface area (TPSA) is 15.6 Å². The Morgan fingerprint density at radius 2 is 1.94 bits per heavy atom. The number of hydrogen-bond donors (Lipinski definition) is 0. The number of rotatable bonds is 0. The minimum atomic E-state index is 0.272. The first-order valence-corrected chi connectivity index (χ1v) is 6.12. The number of para-hydroxylation sites is 1. The molecular weight excluding hydrogens is 220 g/mol. The molecule has 18 heavy (non-hydrogen) atoms. The van der Waals surface area contributed by atoms with Crippen LogP contribution in [0.25, 0.3) is 6.08 Å². The van der Waals surface area contributed by atoms with Crippen molar-refractivity contribution in [3.05, 3.63) is 72.0 Å². The number of fused-ring (bicyclic) bond motifs is 5. The van der Waals surface area contributed by atoms with Gasteiger partial charge in [0.15, 0.2) is 0 Å². The van der Waals surface area contributed by atoms with Gasteiger partial charge in [-0.1, -0.05) is 42.5 Å². The zero-order chi connectivity index (χ0) is 11.9. The highest BCUT2D eigenvalue weighted by atomic mass is 15.2. The first kappa shape index (κ1) is 9.66. The van der Waals surface area contributed by atoms with E-state index in [1.54, 1.807) is 0 Å². The molecule has 1 aromatic carbocycles. The highest BCUT2D eigenvalue weighted by Crippen LogP contribution is 2.34. The summed E-state index contributed by atoms with van der Waals surface area (Å²) in [6.45, 7) is 0. The number of amidine groups is 1. The van der Waals surface area contributed by atoms with Crippen LogP contribution < -0.4 is 4.90 Å². The van der Waals surface area contributed by atoms with Gasteiger partial charge in [-0.25, -0.2) is 4.99 Å². The third kappa shape index (κ3) is 1.26. The highest BCUT2D eigenvalue weighted by Gasteiger charge is 2.29. The lowest BCUT2D eigenvalue weighted by Crippen LogP contribution is -2.43. The Balaban J connectivity index is 1.92. The molecule has 0 fully saturated rings. The number of anilines is 1. The third-order valence-corrected chi connectivity index (χ3v) is 3.51. The zero-order valence-corrected chi connectivity index (χ0v) is 9.82. The molecule has 1 aromatic rings. The SMILES string of the molecule is C1=CC2=CN=C3C=Cc4ccccc4N3C2C=C1. The number of hydrogen-bond acceptors (Lipinski definition) is 2. The fourth-order valence-corrected chi connectivity index (χ4v) is 2.65. The van der Waals surface area contributed by atoms with Crippen LogP contribution in [0.5, 0.6) is 0 Å². The van der Waals surface area contributed by atoms with E-state index >= 15 is 0 Å². The van der Waals surface area contributed by atoms with Crippen LogP contribution in [0.4, 0.5) is 5.69 Å². The van der Waals surface area contributed by atoms with E-state index in [9.17, 15) is 0 Å². The second kappa shape index (κ2) is 3.57. The number of nitrogens with zero attached hydrogens (tertiary/aromatic N) is 2. The normalized spacial score (nSPS) is 22.9. The second-order valence-electron chi connectivity index (χ2n) is 4.57. The molecule has 4 rings (SSSR count). The van der Waals surface area contributed by atoms with E-state index in [4.69, 9.17) is 0 Å². The van der Waals surface area contributed by atoms with Crippen LogP contribution >= 0.6 is 0 Å². The summed E-state index contributed by atoms with van der Waals surface area (Å²) in [6, 6.07) is 8.72. The standard InChI is InChI=1S/C16H12N2/c1-3-7-14-12(5-1)9-10-16-17-11-13-6-2-4-8-15(13)18(14)16/h1-11,15H. The molecule has 2 aliphatic heterocycles. The lowest BCUT2D eigenvalue weighted by molar-refractivity contribution is 0.902. The van der Waals surface area contributed by atoms with E-state index in [1.165, 1.54) is 16.8 Å². The number of allylic oxidation sites excluding steroid dienone is 2. The first-order chi connectivity index (χ1) is 8.93. The summed E-state index contributed by atoms with van der Waals surface area (Å²) in [5.74, 6) is 1.02. The minimum absolute atomic E-state index is 0.272. The predicted molar refractivity (Wildman–Crippen MR) is 75.5 cm³/mol. The Bertz CT molecular complexity index is 659. The van der Waals surface area contributed by atoms with Crippen molar-refractivity contribution in [1.82, 2.24) is 0 Å². The number of benzene rings is 1. The molecular formula is C16H12N2. The van der Waals surface area contributed by atoms with E-state index in [1.807, 2.05) is 6.20 Å². The van der Waals surface area contributed by atoms with Crippen LogP contribution in [-0.2, 0) is 0 Å². The lowest BCUT2D eigenvalue weighted by Gasteiger charge is -2.38. The summed E-state index contributed by atoms with van der Waals surface area (Å²) in [5.41, 5.74) is 3.72. The van der Waals surface area contributed by atoms with Crippen LogP contribution in [0.2, 0.25) is 0 Å². The average Bonchev–Trinajstić information content (AvgIpc) is 2.46. The van der Waals surface area contributed by atoms with Gasteiger partial charge >= 0.3 is 0 Å². The summed E-state index contributed by atoms with van der Waals surface area (Å²) < 4.78 is 0. The molecule has 2 heterocycles. The molecule has 86 valence electrons. The van der Waals surface area contributed by atoms with Crippen molar-refractivity contribution in [2.45, 2.75) is 6.04 Å². The molecule has 1 aliphatic carbocycles. The van der Waals surface area contributed by atoms with Gasteiger partial charge in [0, 0.05) is 6.20 Å². The van der Waals surface area contributed by atoms with Crippen LogP contribution in [0.3, 0.4) is 0 Å². The molecule has 2 heteroatoms. The maximum absolute atomic E-state index is 4.54. The van der Waals surface area contributed by atoms with Gasteiger partial charge in [0.2, 0.25) is 0 Å². The third-order valence-electron chi connectivity index (χ3n) is 3.51. The van der Waals surface area contributed by atoms with Gasteiger partial charge in [0.05, 0.1) is 11.7 Å². The smallest absolute Gasteiger partial charge is 0.133 e. The molecule has 0 radical (unpaired) electrons. The van der Waals surface area contributed by atoms with E-state index < -0.39 is 0 Å². The molecule has 0 saturated carbocycles. The molecule has 0 bridgehead atoms. The lowest BCUT2D eigenvalue weighted by atomic mass is 9.96. The number of aliphatic imine (C=N–C) groups is 1. The predicted octanol–water partition coefficient (Wildman–Crippen LogP) is 3.31. The van der Waals surface area contributed by atoms with Gasteiger partial charge in [-0.15, -0.1) is 0 Å². The van der Waals surface area contributed by atoms with Crippen molar-refractivity contribution in [1.29, 1.82) is 0 Å². The fraction of sp³-hybridized carbons (Fsp3) is 0.0625. The van der Waals surface area contributed by atoms with Crippen LogP contribution in [-0.4, -0.2) is 11.9 Å². The maximum Gasteiger partial charge on any atom is 0.133 e. The van der Waals surface area contributed by atoms with Crippen LogP contribution in [0.15, 0.2) is 71.4 Å². The van der Waals surface area contributed by atoms with E-state index in [-0.39, 0.29) is 6.04 Å². The molecule has 0 aromatic heterocycles. The van der Waals surface area contributed by atoms with E-state index in [2.05, 4.69) is 70.6 Å². The Labute approximate surface area is 106 Å². The van der Waals surface area contributed by atoms with Crippen LogP contribution in [0.1, 0.15) is 5.56 Å². The van der Waals surface area contributed by atoms with Gasteiger partial charge in [-0.3, -0.25) is 0 Å². The van der Waals surface area contributed by atoms with Gasteiger partial charge in [-0.2, -0.15) is 0 Å². The first-order valence-electron chi connectivity index (χ1n) is 6.12. The van der Waals surface area contributed by atoms with Crippen molar-refractivity contribution in [2.75, 3.05) is 4.90 Å². The molecule has 1 atom stereocenters. The van der Waals surface area contributed by atoms with Gasteiger partial charge in [0.1, 0.15) is 5.84 Å². The molecule has 0 spiro atoms. The van der Waals surface area contributed by atoms with Gasteiger partial charge in [0.25, 0.3) is 0 Å². The summed E-state index contributed by atoms with van der Waals surface area (Å²) in [6.07, 6.45) is 14.7. The largest absolute Gasteiger partial charge is 0.315 e. The van der Waals surface area contributed by atoms with Crippen molar-refractivity contribution in [3.63, 3.8) is 0 Å². The molecule has 1 unspecified atom stereocenters. The molecule has 2 nitrogen and oxygen atoms in total. The maximum atomic E-state index is 4.54. The van der Waals surface area contributed by atoms with Gasteiger partial charge in [-0.05, 0) is 29.4 Å². The summed E-state index contributed by atoms with van der Waals surface area (Å²) in [7, 11) is 0. The van der Waals surface area contributed by atoms with Crippen LogP contribution in [0, 0.1) is 0 Å². The molecule has 0 N–H and O–H groups in total. The average molecular weight is 232 g/mol. The Morgan fingerprint density at radius 3 is 2.94 bits per heavy atom. The summed E-state index contributed by atoms with van der Waals surface area (Å²) >= 11 is 0. The quantitative estimate of drug-likeness (QED) is 0.670. The summed E-state index contributed by atoms with van der Waals surface area (Å²) in [5, 5.41) is 0. The van der Waals surface area contributed by atoms with Gasteiger partial charge < -0.3 is 4.90 Å². The van der Waals surface area contributed by atoms with Crippen molar-refractivity contribution < 1.29 is 0 Å². The zero-order valence-electron chi connectivity index (χ0n) is 9.82. The molecule has 3 aliphatic rings. The Morgan fingerprint density at radius 1 is 1.00 bits per heavy atom. The second-order valence-corrected chi connectivity index (χ2v) is 4.57. The van der Waals surface area contributed by atoms with Crippen molar-refractivity contribution >= 4 is 17.6 Å². The van der Waals surface area contributed by atoms with E-state index in [0.717, 1.165) is 5.84 Å². The minimum Gasteiger partial charge on any atom is -0.315 e. The Kier molecular flexibility index (Phi) is 1.92. The molecule has 0 amide bonds. The monoisotopic (exact) mass is 232 g/mol. The fourth-order valence-electron chi connectivity index (χ4n) is 2.65. The molecule has 0 saturated heterocycles. The highest BCUT2D eigenvalue weighted by molar-refractivity contribution is 6.13. The van der Waals surface area contributed by atoms with E-state index in [0.29, 0.717) is 0 Å². The summed E-state index contributed by atoms with van der Waals surface area (Å²) in [4.78, 5) is 6.84. The Hall–Kier alpha value is -2.35.